The van der Waals surface area contributed by atoms with Gasteiger partial charge in [-0.3, -0.25) is 0 Å². The van der Waals surface area contributed by atoms with Crippen LogP contribution in [0.3, 0.4) is 0 Å². The highest BCUT2D eigenvalue weighted by Gasteiger charge is 2.41. The average molecular weight is 190 g/mol. The van der Waals surface area contributed by atoms with Gasteiger partial charge in [-0.1, -0.05) is 6.08 Å². The van der Waals surface area contributed by atoms with Crippen molar-refractivity contribution in [3.05, 3.63) is 12.7 Å². The van der Waals surface area contributed by atoms with Crippen LogP contribution in [0.4, 0.5) is 0 Å². The molecule has 3 N–H and O–H groups in total. The summed E-state index contributed by atoms with van der Waals surface area (Å²) in [4.78, 5) is 0. The molecule has 5 heteroatoms. The molecule has 0 radical (unpaired) electrons. The van der Waals surface area contributed by atoms with Gasteiger partial charge < -0.3 is 24.8 Å². The van der Waals surface area contributed by atoms with Crippen LogP contribution in [-0.4, -0.2) is 53.1 Å². The van der Waals surface area contributed by atoms with Gasteiger partial charge >= 0.3 is 0 Å². The molecule has 1 heterocycles. The van der Waals surface area contributed by atoms with E-state index in [2.05, 4.69) is 6.58 Å². The summed E-state index contributed by atoms with van der Waals surface area (Å²) >= 11 is 0. The fraction of sp³-hybridized carbons (Fsp3) is 0.750. The minimum Gasteiger partial charge on any atom is -0.387 e. The SMILES string of the molecule is C=CCOC[C@H]1O[C@H](O)[C@H](O)[C@H]1O. The van der Waals surface area contributed by atoms with E-state index >= 15 is 0 Å². The van der Waals surface area contributed by atoms with Gasteiger partial charge in [0.15, 0.2) is 6.29 Å². The molecule has 0 saturated carbocycles. The smallest absolute Gasteiger partial charge is 0.184 e. The zero-order valence-electron chi connectivity index (χ0n) is 7.17. The number of aliphatic hydroxyl groups is 3. The van der Waals surface area contributed by atoms with Gasteiger partial charge in [-0.25, -0.2) is 0 Å². The molecule has 1 saturated heterocycles. The zero-order valence-corrected chi connectivity index (χ0v) is 7.17. The first-order valence-corrected chi connectivity index (χ1v) is 4.05. The van der Waals surface area contributed by atoms with Gasteiger partial charge in [-0.05, 0) is 0 Å². The van der Waals surface area contributed by atoms with Crippen LogP contribution in [-0.2, 0) is 9.47 Å². The summed E-state index contributed by atoms with van der Waals surface area (Å²) in [5, 5.41) is 27.4. The molecule has 0 aromatic carbocycles. The summed E-state index contributed by atoms with van der Waals surface area (Å²) in [7, 11) is 0. The van der Waals surface area contributed by atoms with Crippen LogP contribution < -0.4 is 0 Å². The topological polar surface area (TPSA) is 79.2 Å². The summed E-state index contributed by atoms with van der Waals surface area (Å²) in [6.07, 6.45) is -2.79. The number of rotatable bonds is 4. The van der Waals surface area contributed by atoms with E-state index in [1.165, 1.54) is 0 Å². The molecule has 0 amide bonds. The lowest BCUT2D eigenvalue weighted by molar-refractivity contribution is -0.136. The maximum absolute atomic E-state index is 9.29. The Kier molecular flexibility index (Phi) is 3.83. The summed E-state index contributed by atoms with van der Waals surface area (Å²) in [5.41, 5.74) is 0. The van der Waals surface area contributed by atoms with Crippen molar-refractivity contribution < 1.29 is 24.8 Å². The van der Waals surface area contributed by atoms with Crippen molar-refractivity contribution in [2.45, 2.75) is 24.6 Å². The van der Waals surface area contributed by atoms with E-state index in [1.807, 2.05) is 0 Å². The number of hydrogen-bond acceptors (Lipinski definition) is 5. The maximum atomic E-state index is 9.29. The van der Waals surface area contributed by atoms with E-state index in [1.54, 1.807) is 6.08 Å². The second-order valence-electron chi connectivity index (χ2n) is 2.87. The lowest BCUT2D eigenvalue weighted by Gasteiger charge is -2.13. The second kappa shape index (κ2) is 4.69. The van der Waals surface area contributed by atoms with Crippen LogP contribution >= 0.6 is 0 Å². The molecule has 1 rings (SSSR count). The van der Waals surface area contributed by atoms with Crippen molar-refractivity contribution in [3.8, 4) is 0 Å². The predicted octanol–water partition coefficient (Wildman–Crippen LogP) is -1.37. The van der Waals surface area contributed by atoms with Crippen LogP contribution in [0.1, 0.15) is 0 Å². The minimum atomic E-state index is -1.33. The van der Waals surface area contributed by atoms with Crippen molar-refractivity contribution in [3.63, 3.8) is 0 Å². The van der Waals surface area contributed by atoms with Gasteiger partial charge in [0.2, 0.25) is 0 Å². The maximum Gasteiger partial charge on any atom is 0.184 e. The van der Waals surface area contributed by atoms with Crippen LogP contribution in [0.15, 0.2) is 12.7 Å². The van der Waals surface area contributed by atoms with Crippen LogP contribution in [0.25, 0.3) is 0 Å². The number of hydrogen-bond donors (Lipinski definition) is 3. The van der Waals surface area contributed by atoms with Crippen molar-refractivity contribution in [1.82, 2.24) is 0 Å². The average Bonchev–Trinajstić information content (AvgIpc) is 2.34. The standard InChI is InChI=1S/C8H14O5/c1-2-3-12-4-5-6(9)7(10)8(11)13-5/h2,5-11H,1,3-4H2/t5-,6+,7-,8+/m1/s1. The van der Waals surface area contributed by atoms with Crippen molar-refractivity contribution in [2.75, 3.05) is 13.2 Å². The Morgan fingerprint density at radius 3 is 2.46 bits per heavy atom. The van der Waals surface area contributed by atoms with E-state index in [4.69, 9.17) is 19.7 Å². The molecule has 1 aliphatic heterocycles. The van der Waals surface area contributed by atoms with E-state index < -0.39 is 24.6 Å². The van der Waals surface area contributed by atoms with Crippen LogP contribution in [0, 0.1) is 0 Å². The minimum absolute atomic E-state index is 0.126. The summed E-state index contributed by atoms with van der Waals surface area (Å²) in [5.74, 6) is 0. The summed E-state index contributed by atoms with van der Waals surface area (Å²) in [6, 6.07) is 0. The molecule has 1 fully saturated rings. The zero-order chi connectivity index (χ0) is 9.84. The van der Waals surface area contributed by atoms with Crippen molar-refractivity contribution >= 4 is 0 Å². The van der Waals surface area contributed by atoms with Gasteiger partial charge in [0, 0.05) is 0 Å². The molecule has 0 spiro atoms. The summed E-state index contributed by atoms with van der Waals surface area (Å²) in [6.45, 7) is 3.92. The molecule has 1 aliphatic rings. The van der Waals surface area contributed by atoms with Gasteiger partial charge in [0.25, 0.3) is 0 Å². The molecule has 0 aromatic heterocycles. The molecule has 0 bridgehead atoms. The lowest BCUT2D eigenvalue weighted by atomic mass is 10.1. The first kappa shape index (κ1) is 10.6. The number of ether oxygens (including phenoxy) is 2. The van der Waals surface area contributed by atoms with E-state index in [0.29, 0.717) is 6.61 Å². The second-order valence-corrected chi connectivity index (χ2v) is 2.87. The Hall–Kier alpha value is -0.460. The molecule has 5 nitrogen and oxygen atoms in total. The molecule has 13 heavy (non-hydrogen) atoms. The molecule has 4 atom stereocenters. The highest BCUT2D eigenvalue weighted by atomic mass is 16.7. The normalized spacial score (nSPS) is 39.3. The Balaban J connectivity index is 2.31. The lowest BCUT2D eigenvalue weighted by Crippen LogP contribution is -2.34. The Morgan fingerprint density at radius 1 is 1.31 bits per heavy atom. The quantitative estimate of drug-likeness (QED) is 0.376. The molecular weight excluding hydrogens is 176 g/mol. The van der Waals surface area contributed by atoms with E-state index in [9.17, 15) is 5.11 Å². The van der Waals surface area contributed by atoms with E-state index in [0.717, 1.165) is 0 Å². The first-order chi connectivity index (χ1) is 6.16. The Labute approximate surface area is 76.2 Å². The largest absolute Gasteiger partial charge is 0.387 e. The fourth-order valence-corrected chi connectivity index (χ4v) is 1.13. The highest BCUT2D eigenvalue weighted by molar-refractivity contribution is 4.85. The monoisotopic (exact) mass is 190 g/mol. The summed E-state index contributed by atoms with van der Waals surface area (Å²) < 4.78 is 9.84. The van der Waals surface area contributed by atoms with Gasteiger partial charge in [0.05, 0.1) is 13.2 Å². The van der Waals surface area contributed by atoms with E-state index in [-0.39, 0.29) is 6.61 Å². The molecular formula is C8H14O5. The highest BCUT2D eigenvalue weighted by Crippen LogP contribution is 2.19. The van der Waals surface area contributed by atoms with Gasteiger partial charge in [-0.2, -0.15) is 0 Å². The number of aliphatic hydroxyl groups excluding tert-OH is 3. The predicted molar refractivity (Wildman–Crippen MR) is 43.9 cm³/mol. The Morgan fingerprint density at radius 2 is 2.00 bits per heavy atom. The third kappa shape index (κ3) is 2.49. The van der Waals surface area contributed by atoms with Crippen LogP contribution in [0.2, 0.25) is 0 Å². The first-order valence-electron chi connectivity index (χ1n) is 4.05. The molecule has 0 aromatic rings. The molecule has 0 aliphatic carbocycles. The van der Waals surface area contributed by atoms with Gasteiger partial charge in [0.1, 0.15) is 18.3 Å². The Bertz CT molecular complexity index is 172. The fourth-order valence-electron chi connectivity index (χ4n) is 1.13. The van der Waals surface area contributed by atoms with Crippen molar-refractivity contribution in [1.29, 1.82) is 0 Å². The molecule has 0 unspecified atom stereocenters. The third-order valence-electron chi connectivity index (χ3n) is 1.86. The van der Waals surface area contributed by atoms with Crippen molar-refractivity contribution in [2.24, 2.45) is 0 Å². The molecule has 76 valence electrons. The van der Waals surface area contributed by atoms with Crippen LogP contribution in [0.5, 0.6) is 0 Å². The van der Waals surface area contributed by atoms with Gasteiger partial charge in [-0.15, -0.1) is 6.58 Å². The third-order valence-corrected chi connectivity index (χ3v) is 1.86.